The molecule has 1 unspecified atom stereocenters. The predicted octanol–water partition coefficient (Wildman–Crippen LogP) is 1.41. The van der Waals surface area contributed by atoms with Crippen molar-refractivity contribution in [2.24, 2.45) is 16.9 Å². The van der Waals surface area contributed by atoms with E-state index in [-0.39, 0.29) is 12.5 Å². The van der Waals surface area contributed by atoms with E-state index in [0.29, 0.717) is 17.7 Å². The topological polar surface area (TPSA) is 98.2 Å². The van der Waals surface area contributed by atoms with Crippen LogP contribution < -0.4 is 16.8 Å². The first kappa shape index (κ1) is 15.2. The number of carbonyl (C=O) groups is 2. The monoisotopic (exact) mass is 263 g/mol. The van der Waals surface area contributed by atoms with Gasteiger partial charge in [0.15, 0.2) is 0 Å². The van der Waals surface area contributed by atoms with Gasteiger partial charge in [0.2, 0.25) is 11.8 Å². The van der Waals surface area contributed by atoms with Crippen molar-refractivity contribution in [3.8, 4) is 0 Å². The molecule has 0 aliphatic rings. The minimum Gasteiger partial charge on any atom is -0.366 e. The standard InChI is InChI=1S/C14H21N3O2/c1-4-14(3,8-15)13(19)17-11-6-5-10(12(16)18)7-9(11)2/h5-7H,4,8,15H2,1-3H3,(H2,16,18)(H,17,19). The van der Waals surface area contributed by atoms with Crippen LogP contribution in [0.25, 0.3) is 0 Å². The van der Waals surface area contributed by atoms with Gasteiger partial charge in [-0.15, -0.1) is 0 Å². The number of anilines is 1. The molecule has 0 aromatic heterocycles. The summed E-state index contributed by atoms with van der Waals surface area (Å²) in [6.07, 6.45) is 0.660. The quantitative estimate of drug-likeness (QED) is 0.749. The van der Waals surface area contributed by atoms with Crippen LogP contribution in [0, 0.1) is 12.3 Å². The third kappa shape index (κ3) is 3.32. The summed E-state index contributed by atoms with van der Waals surface area (Å²) in [6.45, 7) is 5.85. The molecule has 0 aliphatic carbocycles. The number of nitrogens with two attached hydrogens (primary N) is 2. The molecule has 0 fully saturated rings. The molecule has 5 nitrogen and oxygen atoms in total. The maximum Gasteiger partial charge on any atom is 0.248 e. The molecule has 0 heterocycles. The van der Waals surface area contributed by atoms with Gasteiger partial charge in [-0.25, -0.2) is 0 Å². The van der Waals surface area contributed by atoms with Crippen LogP contribution in [0.15, 0.2) is 18.2 Å². The smallest absolute Gasteiger partial charge is 0.248 e. The summed E-state index contributed by atoms with van der Waals surface area (Å²) in [6, 6.07) is 4.93. The van der Waals surface area contributed by atoms with Gasteiger partial charge < -0.3 is 16.8 Å². The second-order valence-electron chi connectivity index (χ2n) is 4.97. The van der Waals surface area contributed by atoms with E-state index in [4.69, 9.17) is 11.5 Å². The van der Waals surface area contributed by atoms with Gasteiger partial charge in [-0.1, -0.05) is 6.92 Å². The SMILES string of the molecule is CCC(C)(CN)C(=O)Nc1ccc(C(N)=O)cc1C. The summed E-state index contributed by atoms with van der Waals surface area (Å²) in [7, 11) is 0. The van der Waals surface area contributed by atoms with Crippen molar-refractivity contribution in [3.63, 3.8) is 0 Å². The fourth-order valence-electron chi connectivity index (χ4n) is 1.63. The van der Waals surface area contributed by atoms with Crippen LogP contribution in [0.4, 0.5) is 5.69 Å². The molecule has 1 aromatic rings. The number of carbonyl (C=O) groups excluding carboxylic acids is 2. The molecule has 1 rings (SSSR count). The van der Waals surface area contributed by atoms with Crippen molar-refractivity contribution in [2.75, 3.05) is 11.9 Å². The Morgan fingerprint density at radius 3 is 2.42 bits per heavy atom. The third-order valence-electron chi connectivity index (χ3n) is 3.54. The highest BCUT2D eigenvalue weighted by molar-refractivity contribution is 5.97. The summed E-state index contributed by atoms with van der Waals surface area (Å²) in [4.78, 5) is 23.2. The van der Waals surface area contributed by atoms with Gasteiger partial charge in [-0.2, -0.15) is 0 Å². The van der Waals surface area contributed by atoms with Crippen molar-refractivity contribution in [2.45, 2.75) is 27.2 Å². The summed E-state index contributed by atoms with van der Waals surface area (Å²) in [5.41, 5.74) is 12.2. The highest BCUT2D eigenvalue weighted by atomic mass is 16.2. The van der Waals surface area contributed by atoms with Gasteiger partial charge in [0.05, 0.1) is 5.41 Å². The second-order valence-corrected chi connectivity index (χ2v) is 4.97. The van der Waals surface area contributed by atoms with Gasteiger partial charge in [0.25, 0.3) is 0 Å². The number of amides is 2. The molecule has 5 N–H and O–H groups in total. The average Bonchev–Trinajstić information content (AvgIpc) is 2.39. The van der Waals surface area contributed by atoms with E-state index in [1.807, 2.05) is 20.8 Å². The van der Waals surface area contributed by atoms with E-state index in [2.05, 4.69) is 5.32 Å². The summed E-state index contributed by atoms with van der Waals surface area (Å²) >= 11 is 0. The van der Waals surface area contributed by atoms with Crippen LogP contribution in [-0.2, 0) is 4.79 Å². The van der Waals surface area contributed by atoms with E-state index in [9.17, 15) is 9.59 Å². The first-order valence-corrected chi connectivity index (χ1v) is 6.26. The van der Waals surface area contributed by atoms with E-state index < -0.39 is 11.3 Å². The number of benzene rings is 1. The van der Waals surface area contributed by atoms with E-state index in [1.165, 1.54) is 0 Å². The normalized spacial score (nSPS) is 13.7. The second kappa shape index (κ2) is 5.84. The molecule has 1 aromatic carbocycles. The van der Waals surface area contributed by atoms with Gasteiger partial charge in [-0.05, 0) is 44.0 Å². The molecule has 0 radical (unpaired) electrons. The molecule has 1 atom stereocenters. The molecule has 2 amide bonds. The van der Waals surface area contributed by atoms with Crippen molar-refractivity contribution in [3.05, 3.63) is 29.3 Å². The van der Waals surface area contributed by atoms with Crippen LogP contribution in [0.2, 0.25) is 0 Å². The Morgan fingerprint density at radius 2 is 2.00 bits per heavy atom. The highest BCUT2D eigenvalue weighted by Gasteiger charge is 2.29. The van der Waals surface area contributed by atoms with Crippen molar-refractivity contribution in [1.82, 2.24) is 0 Å². The number of aryl methyl sites for hydroxylation is 1. The number of nitrogens with one attached hydrogen (secondary N) is 1. The molecule has 0 spiro atoms. The van der Waals surface area contributed by atoms with Crippen molar-refractivity contribution < 1.29 is 9.59 Å². The lowest BCUT2D eigenvalue weighted by Gasteiger charge is -2.25. The van der Waals surface area contributed by atoms with Crippen LogP contribution in [-0.4, -0.2) is 18.4 Å². The molecular formula is C14H21N3O2. The first-order chi connectivity index (χ1) is 8.84. The van der Waals surface area contributed by atoms with Gasteiger partial charge in [0, 0.05) is 17.8 Å². The fraction of sp³-hybridized carbons (Fsp3) is 0.429. The van der Waals surface area contributed by atoms with E-state index in [1.54, 1.807) is 18.2 Å². The molecule has 0 saturated carbocycles. The van der Waals surface area contributed by atoms with Crippen molar-refractivity contribution >= 4 is 17.5 Å². The zero-order chi connectivity index (χ0) is 14.6. The molecular weight excluding hydrogens is 242 g/mol. The third-order valence-corrected chi connectivity index (χ3v) is 3.54. The molecule has 0 saturated heterocycles. The molecule has 0 bridgehead atoms. The van der Waals surface area contributed by atoms with Crippen LogP contribution >= 0.6 is 0 Å². The van der Waals surface area contributed by atoms with Gasteiger partial charge in [0.1, 0.15) is 0 Å². The summed E-state index contributed by atoms with van der Waals surface area (Å²) in [5.74, 6) is -0.603. The predicted molar refractivity (Wildman–Crippen MR) is 75.8 cm³/mol. The highest BCUT2D eigenvalue weighted by Crippen LogP contribution is 2.24. The van der Waals surface area contributed by atoms with Gasteiger partial charge >= 0.3 is 0 Å². The molecule has 104 valence electrons. The number of hydrogen-bond donors (Lipinski definition) is 3. The van der Waals surface area contributed by atoms with Crippen LogP contribution in [0.3, 0.4) is 0 Å². The van der Waals surface area contributed by atoms with E-state index in [0.717, 1.165) is 5.56 Å². The lowest BCUT2D eigenvalue weighted by molar-refractivity contribution is -0.124. The number of rotatable bonds is 5. The lowest BCUT2D eigenvalue weighted by Crippen LogP contribution is -2.39. The van der Waals surface area contributed by atoms with Gasteiger partial charge in [-0.3, -0.25) is 9.59 Å². The molecule has 0 aliphatic heterocycles. The number of hydrogen-bond acceptors (Lipinski definition) is 3. The Hall–Kier alpha value is -1.88. The largest absolute Gasteiger partial charge is 0.366 e. The van der Waals surface area contributed by atoms with E-state index >= 15 is 0 Å². The Morgan fingerprint density at radius 1 is 1.37 bits per heavy atom. The Labute approximate surface area is 113 Å². The Balaban J connectivity index is 2.95. The first-order valence-electron chi connectivity index (χ1n) is 6.26. The Kier molecular flexibility index (Phi) is 4.67. The zero-order valence-corrected chi connectivity index (χ0v) is 11.6. The summed E-state index contributed by atoms with van der Waals surface area (Å²) in [5, 5.41) is 2.85. The Bertz CT molecular complexity index is 493. The summed E-state index contributed by atoms with van der Waals surface area (Å²) < 4.78 is 0. The van der Waals surface area contributed by atoms with Crippen LogP contribution in [0.1, 0.15) is 36.2 Å². The number of primary amides is 1. The fourth-order valence-corrected chi connectivity index (χ4v) is 1.63. The minimum atomic E-state index is -0.588. The minimum absolute atomic E-state index is 0.118. The maximum atomic E-state index is 12.2. The average molecular weight is 263 g/mol. The van der Waals surface area contributed by atoms with Crippen molar-refractivity contribution in [1.29, 1.82) is 0 Å². The zero-order valence-electron chi connectivity index (χ0n) is 11.6. The molecule has 5 heteroatoms. The lowest BCUT2D eigenvalue weighted by atomic mass is 9.86. The maximum absolute atomic E-state index is 12.2. The van der Waals surface area contributed by atoms with Crippen LogP contribution in [0.5, 0.6) is 0 Å². The molecule has 19 heavy (non-hydrogen) atoms.